The molecule has 0 aliphatic rings. The van der Waals surface area contributed by atoms with Crippen molar-refractivity contribution >= 4 is 49.5 Å². The van der Waals surface area contributed by atoms with Crippen molar-refractivity contribution in [3.05, 3.63) is 72.6 Å². The number of rotatable bonds is 3. The molecule has 134 valence electrons. The van der Waals surface area contributed by atoms with Crippen molar-refractivity contribution < 1.29 is 0 Å². The molecule has 0 saturated heterocycles. The highest BCUT2D eigenvalue weighted by Crippen LogP contribution is 2.29. The molecule has 0 aliphatic heterocycles. The Morgan fingerprint density at radius 2 is 2.07 bits per heavy atom. The molecule has 4 aromatic heterocycles. The number of aromatic nitrogens is 5. The first-order chi connectivity index (χ1) is 13.8. The van der Waals surface area contributed by atoms with Crippen LogP contribution in [0.15, 0.2) is 72.6 Å². The summed E-state index contributed by atoms with van der Waals surface area (Å²) in [6.45, 7) is 0. The lowest BCUT2D eigenvalue weighted by atomic mass is 10.1. The zero-order valence-electron chi connectivity index (χ0n) is 14.6. The molecule has 2 aromatic carbocycles. The molecule has 0 atom stereocenters. The Morgan fingerprint density at radius 1 is 1.07 bits per heavy atom. The number of benzene rings is 2. The Labute approximate surface area is 163 Å². The molecular formula is C21H14N6S. The molecule has 7 heteroatoms. The van der Waals surface area contributed by atoms with E-state index in [1.807, 2.05) is 30.2 Å². The smallest absolute Gasteiger partial charge is 0.155 e. The zero-order chi connectivity index (χ0) is 18.5. The number of hydrogen-bond donors (Lipinski definition) is 2. The van der Waals surface area contributed by atoms with Crippen molar-refractivity contribution in [2.75, 3.05) is 5.32 Å². The zero-order valence-corrected chi connectivity index (χ0v) is 15.4. The Balaban J connectivity index is 1.48. The van der Waals surface area contributed by atoms with Gasteiger partial charge in [0.25, 0.3) is 0 Å². The molecular weight excluding hydrogens is 368 g/mol. The third-order valence-corrected chi connectivity index (χ3v) is 5.66. The number of thiazole rings is 1. The molecule has 0 bridgehead atoms. The normalized spacial score (nSPS) is 11.6. The lowest BCUT2D eigenvalue weighted by Gasteiger charge is -2.11. The first kappa shape index (κ1) is 15.4. The van der Waals surface area contributed by atoms with E-state index in [1.165, 1.54) is 4.70 Å². The number of aromatic amines is 1. The van der Waals surface area contributed by atoms with Gasteiger partial charge in [-0.25, -0.2) is 9.97 Å². The standard InChI is InChI=1S/C21H14N6S/c1-2-19-21(24-15-5-6-20-17(9-15)22-12-28-20)25-18(11-27(19)7-1)13-3-4-14-10-23-26-16(14)8-13/h1-12H,(H,23,26)(H,24,25). The quantitative estimate of drug-likeness (QED) is 0.440. The molecule has 0 saturated carbocycles. The summed E-state index contributed by atoms with van der Waals surface area (Å²) in [6.07, 6.45) is 5.90. The molecule has 6 aromatic rings. The second-order valence-corrected chi connectivity index (χ2v) is 7.49. The van der Waals surface area contributed by atoms with E-state index in [0.29, 0.717) is 0 Å². The second kappa shape index (κ2) is 5.90. The minimum atomic E-state index is 0.807. The van der Waals surface area contributed by atoms with Gasteiger partial charge < -0.3 is 9.72 Å². The lowest BCUT2D eigenvalue weighted by Crippen LogP contribution is -1.99. The lowest BCUT2D eigenvalue weighted by molar-refractivity contribution is 1.12. The minimum absolute atomic E-state index is 0.807. The van der Waals surface area contributed by atoms with Crippen molar-refractivity contribution in [3.8, 4) is 11.3 Å². The van der Waals surface area contributed by atoms with Gasteiger partial charge in [0.05, 0.1) is 38.7 Å². The molecule has 4 heterocycles. The molecule has 2 N–H and O–H groups in total. The summed E-state index contributed by atoms with van der Waals surface area (Å²) in [7, 11) is 0. The summed E-state index contributed by atoms with van der Waals surface area (Å²) in [5.41, 5.74) is 7.75. The van der Waals surface area contributed by atoms with Gasteiger partial charge in [-0.15, -0.1) is 11.3 Å². The highest BCUT2D eigenvalue weighted by atomic mass is 32.1. The molecule has 0 aliphatic carbocycles. The van der Waals surface area contributed by atoms with Crippen LogP contribution in [0.4, 0.5) is 11.5 Å². The highest BCUT2D eigenvalue weighted by Gasteiger charge is 2.10. The fourth-order valence-electron chi connectivity index (χ4n) is 3.45. The summed E-state index contributed by atoms with van der Waals surface area (Å²) in [6, 6.07) is 16.5. The van der Waals surface area contributed by atoms with E-state index in [0.717, 1.165) is 44.7 Å². The summed E-state index contributed by atoms with van der Waals surface area (Å²) in [4.78, 5) is 9.32. The van der Waals surface area contributed by atoms with Crippen LogP contribution >= 0.6 is 11.3 Å². The number of fused-ring (bicyclic) bond motifs is 3. The van der Waals surface area contributed by atoms with Gasteiger partial charge >= 0.3 is 0 Å². The topological polar surface area (TPSA) is 70.9 Å². The fourth-order valence-corrected chi connectivity index (χ4v) is 4.10. The average molecular weight is 382 g/mol. The van der Waals surface area contributed by atoms with Gasteiger partial charge in [-0.05, 0) is 36.4 Å². The molecule has 6 nitrogen and oxygen atoms in total. The first-order valence-corrected chi connectivity index (χ1v) is 9.73. The van der Waals surface area contributed by atoms with E-state index in [9.17, 15) is 0 Å². The summed E-state index contributed by atoms with van der Waals surface area (Å²) in [5.74, 6) is 0.807. The van der Waals surface area contributed by atoms with Gasteiger partial charge in [0, 0.05) is 29.0 Å². The van der Waals surface area contributed by atoms with E-state index in [2.05, 4.69) is 67.4 Å². The van der Waals surface area contributed by atoms with Crippen LogP contribution in [0.3, 0.4) is 0 Å². The van der Waals surface area contributed by atoms with Crippen molar-refractivity contribution in [1.29, 1.82) is 0 Å². The summed E-state index contributed by atoms with van der Waals surface area (Å²) >= 11 is 1.64. The summed E-state index contributed by atoms with van der Waals surface area (Å²) < 4.78 is 3.26. The van der Waals surface area contributed by atoms with Crippen LogP contribution in [0.5, 0.6) is 0 Å². The molecule has 28 heavy (non-hydrogen) atoms. The molecule has 0 amide bonds. The predicted octanol–water partition coefficient (Wildman–Crippen LogP) is 5.23. The third kappa shape index (κ3) is 2.44. The molecule has 0 radical (unpaired) electrons. The number of nitrogens with one attached hydrogen (secondary N) is 2. The first-order valence-electron chi connectivity index (χ1n) is 8.85. The van der Waals surface area contributed by atoms with Crippen LogP contribution in [0.1, 0.15) is 0 Å². The molecule has 0 spiro atoms. The maximum atomic E-state index is 4.91. The van der Waals surface area contributed by atoms with Crippen LogP contribution in [0.25, 0.3) is 37.9 Å². The highest BCUT2D eigenvalue weighted by molar-refractivity contribution is 7.16. The maximum absolute atomic E-state index is 4.91. The average Bonchev–Trinajstić information content (AvgIpc) is 3.46. The number of nitrogens with zero attached hydrogens (tertiary/aromatic N) is 4. The largest absolute Gasteiger partial charge is 0.338 e. The van der Waals surface area contributed by atoms with Crippen LogP contribution < -0.4 is 5.32 Å². The fraction of sp³-hybridized carbons (Fsp3) is 0. The summed E-state index contributed by atoms with van der Waals surface area (Å²) in [5, 5.41) is 11.7. The van der Waals surface area contributed by atoms with E-state index < -0.39 is 0 Å². The van der Waals surface area contributed by atoms with Gasteiger partial charge in [-0.2, -0.15) is 5.10 Å². The van der Waals surface area contributed by atoms with Gasteiger partial charge in [-0.3, -0.25) is 5.10 Å². The van der Waals surface area contributed by atoms with Gasteiger partial charge in [0.2, 0.25) is 0 Å². The van der Waals surface area contributed by atoms with Crippen LogP contribution in [-0.2, 0) is 0 Å². The van der Waals surface area contributed by atoms with E-state index in [4.69, 9.17) is 4.98 Å². The molecule has 0 fully saturated rings. The second-order valence-electron chi connectivity index (χ2n) is 6.61. The Bertz CT molecular complexity index is 1460. The van der Waals surface area contributed by atoms with E-state index in [-0.39, 0.29) is 0 Å². The number of H-pyrrole nitrogens is 1. The third-order valence-electron chi connectivity index (χ3n) is 4.85. The van der Waals surface area contributed by atoms with Crippen molar-refractivity contribution in [3.63, 3.8) is 0 Å². The monoisotopic (exact) mass is 382 g/mol. The van der Waals surface area contributed by atoms with Crippen molar-refractivity contribution in [2.24, 2.45) is 0 Å². The Hall–Kier alpha value is -3.71. The van der Waals surface area contributed by atoms with Crippen LogP contribution in [-0.4, -0.2) is 24.6 Å². The SMILES string of the molecule is c1cc2c(Nc3ccc4scnc4c3)nc(-c3ccc4cn[nH]c4c3)cn2c1. The minimum Gasteiger partial charge on any atom is -0.338 e. The van der Waals surface area contributed by atoms with Crippen LogP contribution in [0.2, 0.25) is 0 Å². The van der Waals surface area contributed by atoms with Gasteiger partial charge in [0.15, 0.2) is 5.82 Å². The number of hydrogen-bond acceptors (Lipinski definition) is 5. The van der Waals surface area contributed by atoms with E-state index in [1.54, 1.807) is 11.3 Å². The number of anilines is 2. The Morgan fingerprint density at radius 3 is 3.07 bits per heavy atom. The maximum Gasteiger partial charge on any atom is 0.155 e. The van der Waals surface area contributed by atoms with Gasteiger partial charge in [-0.1, -0.05) is 12.1 Å². The van der Waals surface area contributed by atoms with Crippen LogP contribution in [0, 0.1) is 0 Å². The van der Waals surface area contributed by atoms with Gasteiger partial charge in [0.1, 0.15) is 0 Å². The predicted molar refractivity (Wildman–Crippen MR) is 113 cm³/mol. The van der Waals surface area contributed by atoms with Crippen molar-refractivity contribution in [1.82, 2.24) is 24.6 Å². The molecule has 6 rings (SSSR count). The van der Waals surface area contributed by atoms with Crippen molar-refractivity contribution in [2.45, 2.75) is 0 Å². The molecule has 0 unspecified atom stereocenters. The van der Waals surface area contributed by atoms with E-state index >= 15 is 0 Å². The Kier molecular flexibility index (Phi) is 3.24.